The van der Waals surface area contributed by atoms with Crippen molar-refractivity contribution >= 4 is 23.9 Å². The SMILES string of the molecule is CC(=O)OC1COC(OC(=O)C2CCC3(C)C(C)=CCCC3C2(C)CCc2ccoc2)C(OC(C)=O)C1OC(C)=O. The van der Waals surface area contributed by atoms with E-state index < -0.39 is 59.8 Å². The number of rotatable bonds is 8. The van der Waals surface area contributed by atoms with Crippen molar-refractivity contribution in [1.29, 1.82) is 0 Å². The highest BCUT2D eigenvalue weighted by atomic mass is 16.7. The number of aryl methyl sites for hydroxylation is 1. The summed E-state index contributed by atoms with van der Waals surface area (Å²) in [5, 5.41) is 0. The maximum Gasteiger partial charge on any atom is 0.311 e. The Bertz CT molecular complexity index is 1160. The monoisotopic (exact) mass is 574 g/mol. The van der Waals surface area contributed by atoms with Gasteiger partial charge in [-0.2, -0.15) is 0 Å². The molecule has 0 aromatic carbocycles. The molecule has 1 saturated heterocycles. The lowest BCUT2D eigenvalue weighted by Crippen LogP contribution is -2.59. The standard InChI is InChI=1S/C31H42O10/c1-18-8-7-9-25-30(18,5)14-11-23(31(25,6)13-10-22-12-15-36-16-22)28(35)41-29-27(40-21(4)34)26(39-20(3)33)24(17-37-29)38-19(2)32/h8,12,15-16,23-27,29H,7,9-11,13-14,17H2,1-6H3. The second-order valence-electron chi connectivity index (χ2n) is 12.1. The number of esters is 4. The van der Waals surface area contributed by atoms with Gasteiger partial charge in [-0.05, 0) is 73.8 Å². The molecule has 1 aliphatic heterocycles. The first-order valence-corrected chi connectivity index (χ1v) is 14.4. The Morgan fingerprint density at radius 2 is 1.63 bits per heavy atom. The molecule has 4 rings (SSSR count). The van der Waals surface area contributed by atoms with E-state index >= 15 is 0 Å². The molecule has 1 aromatic heterocycles. The fourth-order valence-corrected chi connectivity index (χ4v) is 7.33. The molecule has 10 nitrogen and oxygen atoms in total. The van der Waals surface area contributed by atoms with Crippen LogP contribution in [-0.2, 0) is 49.3 Å². The minimum Gasteiger partial charge on any atom is -0.472 e. The number of hydrogen-bond acceptors (Lipinski definition) is 10. The van der Waals surface area contributed by atoms with E-state index in [9.17, 15) is 19.2 Å². The van der Waals surface area contributed by atoms with E-state index in [1.807, 2.05) is 6.07 Å². The van der Waals surface area contributed by atoms with Gasteiger partial charge in [0, 0.05) is 20.8 Å². The van der Waals surface area contributed by atoms with Gasteiger partial charge in [-0.25, -0.2) is 0 Å². The van der Waals surface area contributed by atoms with Gasteiger partial charge >= 0.3 is 23.9 Å². The second kappa shape index (κ2) is 12.4. The highest BCUT2D eigenvalue weighted by Gasteiger charge is 2.58. The van der Waals surface area contributed by atoms with Crippen LogP contribution >= 0.6 is 0 Å². The summed E-state index contributed by atoms with van der Waals surface area (Å²) in [4.78, 5) is 49.7. The number of hydrogen-bond donors (Lipinski definition) is 0. The van der Waals surface area contributed by atoms with E-state index in [2.05, 4.69) is 26.8 Å². The molecule has 2 fully saturated rings. The molecule has 8 unspecified atom stereocenters. The predicted octanol–water partition coefficient (Wildman–Crippen LogP) is 4.69. The van der Waals surface area contributed by atoms with Crippen LogP contribution in [0.1, 0.15) is 79.2 Å². The van der Waals surface area contributed by atoms with E-state index in [4.69, 9.17) is 28.1 Å². The number of allylic oxidation sites excluding steroid dienone is 2. The molecule has 1 saturated carbocycles. The third-order valence-corrected chi connectivity index (χ3v) is 9.47. The average Bonchev–Trinajstić information content (AvgIpc) is 3.41. The minimum atomic E-state index is -1.35. The first kappa shape index (κ1) is 30.8. The van der Waals surface area contributed by atoms with Crippen molar-refractivity contribution in [1.82, 2.24) is 0 Å². The summed E-state index contributed by atoms with van der Waals surface area (Å²) in [6.45, 7) is 10.1. The highest BCUT2D eigenvalue weighted by Crippen LogP contribution is 2.62. The van der Waals surface area contributed by atoms with E-state index in [1.54, 1.807) is 12.5 Å². The van der Waals surface area contributed by atoms with E-state index in [-0.39, 0.29) is 17.9 Å². The molecule has 1 aromatic rings. The first-order chi connectivity index (χ1) is 19.3. The van der Waals surface area contributed by atoms with Crippen LogP contribution in [0, 0.1) is 22.7 Å². The van der Waals surface area contributed by atoms with Crippen LogP contribution in [0.5, 0.6) is 0 Å². The third kappa shape index (κ3) is 6.52. The zero-order valence-corrected chi connectivity index (χ0v) is 24.8. The summed E-state index contributed by atoms with van der Waals surface area (Å²) >= 11 is 0. The van der Waals surface area contributed by atoms with Gasteiger partial charge in [-0.1, -0.05) is 25.5 Å². The van der Waals surface area contributed by atoms with Gasteiger partial charge in [-0.3, -0.25) is 19.2 Å². The zero-order chi connectivity index (χ0) is 29.9. The van der Waals surface area contributed by atoms with Crippen LogP contribution < -0.4 is 0 Å². The quantitative estimate of drug-likeness (QED) is 0.245. The normalized spacial score (nSPS) is 34.9. The van der Waals surface area contributed by atoms with Crippen molar-refractivity contribution in [3.05, 3.63) is 35.8 Å². The predicted molar refractivity (Wildman–Crippen MR) is 145 cm³/mol. The van der Waals surface area contributed by atoms with Crippen LogP contribution in [0.2, 0.25) is 0 Å². The Labute approximate surface area is 241 Å². The molecule has 0 amide bonds. The van der Waals surface area contributed by atoms with Crippen molar-refractivity contribution < 1.29 is 47.3 Å². The van der Waals surface area contributed by atoms with E-state index in [0.29, 0.717) is 6.42 Å². The molecule has 226 valence electrons. The number of fused-ring (bicyclic) bond motifs is 1. The Morgan fingerprint density at radius 1 is 0.951 bits per heavy atom. The molecule has 3 aliphatic rings. The first-order valence-electron chi connectivity index (χ1n) is 14.4. The molecule has 0 radical (unpaired) electrons. The van der Waals surface area contributed by atoms with Crippen LogP contribution in [0.15, 0.2) is 34.7 Å². The largest absolute Gasteiger partial charge is 0.472 e. The molecular formula is C31H42O10. The Hall–Kier alpha value is -3.14. The third-order valence-electron chi connectivity index (χ3n) is 9.47. The molecule has 0 N–H and O–H groups in total. The number of carbonyl (C=O) groups excluding carboxylic acids is 4. The maximum atomic E-state index is 14.1. The second-order valence-corrected chi connectivity index (χ2v) is 12.1. The highest BCUT2D eigenvalue weighted by molar-refractivity contribution is 5.74. The van der Waals surface area contributed by atoms with Crippen molar-refractivity contribution in [2.24, 2.45) is 22.7 Å². The van der Waals surface area contributed by atoms with Crippen molar-refractivity contribution in [3.8, 4) is 0 Å². The molecule has 8 atom stereocenters. The Morgan fingerprint density at radius 3 is 2.27 bits per heavy atom. The summed E-state index contributed by atoms with van der Waals surface area (Å²) in [5.74, 6) is -2.64. The molecule has 0 spiro atoms. The lowest BCUT2D eigenvalue weighted by atomic mass is 9.46. The number of furan rings is 1. The van der Waals surface area contributed by atoms with Crippen LogP contribution in [0.3, 0.4) is 0 Å². The molecule has 2 heterocycles. The molecule has 10 heteroatoms. The maximum absolute atomic E-state index is 14.1. The molecular weight excluding hydrogens is 532 g/mol. The van der Waals surface area contributed by atoms with Crippen LogP contribution in [0.25, 0.3) is 0 Å². The number of ether oxygens (including phenoxy) is 5. The van der Waals surface area contributed by atoms with Gasteiger partial charge in [0.05, 0.1) is 25.1 Å². The smallest absolute Gasteiger partial charge is 0.311 e. The molecule has 0 bridgehead atoms. The lowest BCUT2D eigenvalue weighted by molar-refractivity contribution is -0.277. The zero-order valence-electron chi connectivity index (χ0n) is 24.8. The van der Waals surface area contributed by atoms with Crippen molar-refractivity contribution in [3.63, 3.8) is 0 Å². The lowest BCUT2D eigenvalue weighted by Gasteiger charge is -2.58. The fourth-order valence-electron chi connectivity index (χ4n) is 7.33. The fraction of sp³-hybridized carbons (Fsp3) is 0.677. The summed E-state index contributed by atoms with van der Waals surface area (Å²) in [6, 6.07) is 1.94. The Kier molecular flexibility index (Phi) is 9.31. The van der Waals surface area contributed by atoms with E-state index in [1.165, 1.54) is 26.3 Å². The number of carbonyl (C=O) groups is 4. The van der Waals surface area contributed by atoms with Gasteiger partial charge in [0.25, 0.3) is 0 Å². The van der Waals surface area contributed by atoms with Gasteiger partial charge in [0.15, 0.2) is 12.2 Å². The van der Waals surface area contributed by atoms with Gasteiger partial charge in [-0.15, -0.1) is 0 Å². The van der Waals surface area contributed by atoms with Crippen molar-refractivity contribution in [2.45, 2.75) is 105 Å². The summed E-state index contributed by atoms with van der Waals surface area (Å²) < 4.78 is 33.2. The van der Waals surface area contributed by atoms with Crippen molar-refractivity contribution in [2.75, 3.05) is 6.61 Å². The summed E-state index contributed by atoms with van der Waals surface area (Å²) in [7, 11) is 0. The van der Waals surface area contributed by atoms with Gasteiger partial charge in [0.1, 0.15) is 0 Å². The van der Waals surface area contributed by atoms with Crippen LogP contribution in [0.4, 0.5) is 0 Å². The topological polar surface area (TPSA) is 128 Å². The van der Waals surface area contributed by atoms with E-state index in [0.717, 1.165) is 37.7 Å². The summed E-state index contributed by atoms with van der Waals surface area (Å²) in [5.41, 5.74) is 2.00. The Balaban J connectivity index is 1.61. The average molecular weight is 575 g/mol. The van der Waals surface area contributed by atoms with Crippen LogP contribution in [-0.4, -0.2) is 55.1 Å². The molecule has 2 aliphatic carbocycles. The molecule has 41 heavy (non-hydrogen) atoms. The van der Waals surface area contributed by atoms with Gasteiger partial charge in [0.2, 0.25) is 12.4 Å². The summed E-state index contributed by atoms with van der Waals surface area (Å²) in [6.07, 6.45) is 5.68. The van der Waals surface area contributed by atoms with Gasteiger partial charge < -0.3 is 28.1 Å². The minimum absolute atomic E-state index is 0.0283.